The molecule has 2 aromatic carbocycles. The second kappa shape index (κ2) is 10.8. The van der Waals surface area contributed by atoms with E-state index in [1.165, 1.54) is 0 Å². The Hall–Kier alpha value is -3.28. The van der Waals surface area contributed by atoms with Gasteiger partial charge in [0.1, 0.15) is 12.4 Å². The molecule has 0 saturated carbocycles. The van der Waals surface area contributed by atoms with Gasteiger partial charge in [-0.25, -0.2) is 0 Å². The van der Waals surface area contributed by atoms with Crippen LogP contribution in [0.1, 0.15) is 24.2 Å². The molecule has 0 aliphatic rings. The Labute approximate surface area is 166 Å². The molecule has 0 fully saturated rings. The zero-order valence-corrected chi connectivity index (χ0v) is 16.4. The first-order valence-corrected chi connectivity index (χ1v) is 9.34. The molecule has 0 atom stereocenters. The molecule has 0 aliphatic heterocycles. The van der Waals surface area contributed by atoms with E-state index in [1.807, 2.05) is 32.0 Å². The van der Waals surface area contributed by atoms with Gasteiger partial charge >= 0.3 is 0 Å². The van der Waals surface area contributed by atoms with Crippen LogP contribution < -0.4 is 15.4 Å². The minimum absolute atomic E-state index is 0.0190. The second-order valence-electron chi connectivity index (χ2n) is 6.09. The normalized spacial score (nSPS) is 10.1. The summed E-state index contributed by atoms with van der Waals surface area (Å²) in [6, 6.07) is 14.3. The molecular formula is C22H27N3O3. The topological polar surface area (TPSA) is 70.7 Å². The van der Waals surface area contributed by atoms with E-state index in [1.54, 1.807) is 41.3 Å². The average Bonchev–Trinajstić information content (AvgIpc) is 2.72. The molecular weight excluding hydrogens is 354 g/mol. The number of nitrogens with one attached hydrogen (secondary N) is 2. The summed E-state index contributed by atoms with van der Waals surface area (Å²) in [4.78, 5) is 26.4. The molecule has 2 rings (SSSR count). The standard InChI is InChI=1S/C22H27N3O3/c1-4-13-28-20-12-8-11-19(15-20)24-21(26)16-23-18-10-7-9-17(14-18)22(27)25(5-2)6-3/h4,7-12,14-15,23H,1,5-6,13,16H2,2-3H3,(H,24,26). The van der Waals surface area contributed by atoms with Gasteiger partial charge in [0.25, 0.3) is 5.91 Å². The zero-order chi connectivity index (χ0) is 20.4. The van der Waals surface area contributed by atoms with Crippen molar-refractivity contribution in [1.29, 1.82) is 0 Å². The highest BCUT2D eigenvalue weighted by atomic mass is 16.5. The second-order valence-corrected chi connectivity index (χ2v) is 6.09. The lowest BCUT2D eigenvalue weighted by Crippen LogP contribution is -2.30. The van der Waals surface area contributed by atoms with Gasteiger partial charge in [0.05, 0.1) is 6.54 Å². The number of hydrogen-bond donors (Lipinski definition) is 2. The van der Waals surface area contributed by atoms with Crippen molar-refractivity contribution < 1.29 is 14.3 Å². The third-order valence-electron chi connectivity index (χ3n) is 4.10. The highest BCUT2D eigenvalue weighted by Crippen LogP contribution is 2.17. The van der Waals surface area contributed by atoms with Crippen LogP contribution in [-0.4, -0.2) is 43.0 Å². The highest BCUT2D eigenvalue weighted by molar-refractivity contribution is 5.96. The summed E-state index contributed by atoms with van der Waals surface area (Å²) < 4.78 is 5.46. The smallest absolute Gasteiger partial charge is 0.253 e. The van der Waals surface area contributed by atoms with E-state index in [2.05, 4.69) is 17.2 Å². The van der Waals surface area contributed by atoms with Crippen LogP contribution in [0.15, 0.2) is 61.2 Å². The number of carbonyl (C=O) groups excluding carboxylic acids is 2. The summed E-state index contributed by atoms with van der Waals surface area (Å²) in [5, 5.41) is 5.88. The van der Waals surface area contributed by atoms with Crippen LogP contribution in [0.4, 0.5) is 11.4 Å². The third-order valence-corrected chi connectivity index (χ3v) is 4.10. The summed E-state index contributed by atoms with van der Waals surface area (Å²) in [5.74, 6) is 0.448. The number of amides is 2. The van der Waals surface area contributed by atoms with Gasteiger partial charge in [0, 0.05) is 36.1 Å². The van der Waals surface area contributed by atoms with Crippen molar-refractivity contribution in [3.63, 3.8) is 0 Å². The van der Waals surface area contributed by atoms with Crippen molar-refractivity contribution in [1.82, 2.24) is 4.90 Å². The Morgan fingerprint density at radius 1 is 1.07 bits per heavy atom. The molecule has 0 spiro atoms. The monoisotopic (exact) mass is 381 g/mol. The molecule has 2 aromatic rings. The number of benzene rings is 2. The van der Waals surface area contributed by atoms with Gasteiger partial charge in [-0.05, 0) is 44.2 Å². The van der Waals surface area contributed by atoms with E-state index < -0.39 is 0 Å². The number of carbonyl (C=O) groups is 2. The lowest BCUT2D eigenvalue weighted by molar-refractivity contribution is -0.114. The molecule has 2 amide bonds. The van der Waals surface area contributed by atoms with Crippen LogP contribution in [-0.2, 0) is 4.79 Å². The summed E-state index contributed by atoms with van der Waals surface area (Å²) in [7, 11) is 0. The van der Waals surface area contributed by atoms with Crippen molar-refractivity contribution >= 4 is 23.2 Å². The molecule has 2 N–H and O–H groups in total. The first kappa shape index (κ1) is 21.0. The molecule has 0 bridgehead atoms. The predicted octanol–water partition coefficient (Wildman–Crippen LogP) is 3.78. The van der Waals surface area contributed by atoms with Gasteiger partial charge in [-0.15, -0.1) is 0 Å². The number of rotatable bonds is 10. The molecule has 0 radical (unpaired) electrons. The van der Waals surface area contributed by atoms with Crippen LogP contribution in [0.25, 0.3) is 0 Å². The van der Waals surface area contributed by atoms with E-state index in [-0.39, 0.29) is 18.4 Å². The molecule has 28 heavy (non-hydrogen) atoms. The van der Waals surface area contributed by atoms with Crippen molar-refractivity contribution in [3.05, 3.63) is 66.7 Å². The first-order chi connectivity index (χ1) is 13.6. The molecule has 0 saturated heterocycles. The largest absolute Gasteiger partial charge is 0.489 e. The van der Waals surface area contributed by atoms with E-state index in [0.717, 1.165) is 5.69 Å². The molecule has 6 nitrogen and oxygen atoms in total. The zero-order valence-electron chi connectivity index (χ0n) is 16.4. The van der Waals surface area contributed by atoms with Crippen LogP contribution in [0.3, 0.4) is 0 Å². The van der Waals surface area contributed by atoms with Gasteiger partial charge in [-0.2, -0.15) is 0 Å². The van der Waals surface area contributed by atoms with Crippen LogP contribution in [0.5, 0.6) is 5.75 Å². The predicted molar refractivity (Wildman–Crippen MR) is 113 cm³/mol. The lowest BCUT2D eigenvalue weighted by atomic mass is 10.1. The van der Waals surface area contributed by atoms with Gasteiger partial charge in [-0.3, -0.25) is 9.59 Å². The maximum absolute atomic E-state index is 12.4. The lowest BCUT2D eigenvalue weighted by Gasteiger charge is -2.19. The van der Waals surface area contributed by atoms with Crippen LogP contribution in [0.2, 0.25) is 0 Å². The molecule has 0 aliphatic carbocycles. The summed E-state index contributed by atoms with van der Waals surface area (Å²) in [6.07, 6.45) is 1.66. The van der Waals surface area contributed by atoms with Crippen molar-refractivity contribution in [2.24, 2.45) is 0 Å². The first-order valence-electron chi connectivity index (χ1n) is 9.34. The van der Waals surface area contributed by atoms with E-state index >= 15 is 0 Å². The number of hydrogen-bond acceptors (Lipinski definition) is 4. The summed E-state index contributed by atoms with van der Waals surface area (Å²) >= 11 is 0. The Bertz CT molecular complexity index is 816. The van der Waals surface area contributed by atoms with Gasteiger partial charge in [-0.1, -0.05) is 24.8 Å². The van der Waals surface area contributed by atoms with Crippen molar-refractivity contribution in [2.75, 3.05) is 36.9 Å². The van der Waals surface area contributed by atoms with Crippen LogP contribution in [0, 0.1) is 0 Å². The van der Waals surface area contributed by atoms with Crippen molar-refractivity contribution in [2.45, 2.75) is 13.8 Å². The molecule has 6 heteroatoms. The molecule has 0 unspecified atom stereocenters. The minimum Gasteiger partial charge on any atom is -0.489 e. The van der Waals surface area contributed by atoms with E-state index in [4.69, 9.17) is 4.74 Å². The van der Waals surface area contributed by atoms with Gasteiger partial charge < -0.3 is 20.3 Å². The number of ether oxygens (including phenoxy) is 1. The number of anilines is 2. The fourth-order valence-corrected chi connectivity index (χ4v) is 2.66. The van der Waals surface area contributed by atoms with Crippen molar-refractivity contribution in [3.8, 4) is 5.75 Å². The van der Waals surface area contributed by atoms with Gasteiger partial charge in [0.15, 0.2) is 0 Å². The maximum Gasteiger partial charge on any atom is 0.253 e. The quantitative estimate of drug-likeness (QED) is 0.615. The third kappa shape index (κ3) is 6.16. The fourth-order valence-electron chi connectivity index (χ4n) is 2.66. The average molecular weight is 381 g/mol. The Balaban J connectivity index is 1.93. The SMILES string of the molecule is C=CCOc1cccc(NC(=O)CNc2cccc(C(=O)N(CC)CC)c2)c1. The molecule has 0 heterocycles. The maximum atomic E-state index is 12.4. The minimum atomic E-state index is -0.193. The Kier molecular flexibility index (Phi) is 8.09. The highest BCUT2D eigenvalue weighted by Gasteiger charge is 2.12. The Morgan fingerprint density at radius 2 is 1.79 bits per heavy atom. The summed E-state index contributed by atoms with van der Waals surface area (Å²) in [6.45, 7) is 9.31. The fraction of sp³-hybridized carbons (Fsp3) is 0.273. The summed E-state index contributed by atoms with van der Waals surface area (Å²) in [5.41, 5.74) is 1.97. The van der Waals surface area contributed by atoms with Crippen LogP contribution >= 0.6 is 0 Å². The molecule has 148 valence electrons. The number of nitrogens with zero attached hydrogens (tertiary/aromatic N) is 1. The van der Waals surface area contributed by atoms with E-state index in [0.29, 0.717) is 36.7 Å². The Morgan fingerprint density at radius 3 is 2.50 bits per heavy atom. The van der Waals surface area contributed by atoms with E-state index in [9.17, 15) is 9.59 Å². The van der Waals surface area contributed by atoms with Gasteiger partial charge in [0.2, 0.25) is 5.91 Å². The molecule has 0 aromatic heterocycles.